The van der Waals surface area contributed by atoms with Gasteiger partial charge in [0.1, 0.15) is 5.82 Å². The van der Waals surface area contributed by atoms with E-state index in [0.717, 1.165) is 30.6 Å². The van der Waals surface area contributed by atoms with Gasteiger partial charge in [0.05, 0.1) is 12.2 Å². The zero-order valence-electron chi connectivity index (χ0n) is 17.0. The number of hydrogen-bond acceptors (Lipinski definition) is 3. The van der Waals surface area contributed by atoms with Gasteiger partial charge in [-0.25, -0.2) is 9.98 Å². The minimum atomic E-state index is 0. The Morgan fingerprint density at radius 1 is 1.04 bits per heavy atom. The van der Waals surface area contributed by atoms with E-state index in [1.807, 2.05) is 43.3 Å². The topological polar surface area (TPSA) is 52.6 Å². The maximum Gasteiger partial charge on any atom is 0.191 e. The zero-order valence-corrected chi connectivity index (χ0v) is 19.3. The number of nitrogens with one attached hydrogen (secondary N) is 2. The summed E-state index contributed by atoms with van der Waals surface area (Å²) in [6.45, 7) is 8.71. The van der Waals surface area contributed by atoms with Crippen LogP contribution in [0.3, 0.4) is 0 Å². The molecule has 2 N–H and O–H groups in total. The molecule has 1 aromatic heterocycles. The molecule has 6 heteroatoms. The first kappa shape index (κ1) is 23.2. The summed E-state index contributed by atoms with van der Waals surface area (Å²) < 4.78 is 0. The molecule has 0 spiro atoms. The smallest absolute Gasteiger partial charge is 0.191 e. The quantitative estimate of drug-likeness (QED) is 0.359. The lowest BCUT2D eigenvalue weighted by Crippen LogP contribution is -2.43. The molecule has 1 heterocycles. The number of aliphatic imine (C=N–C) groups is 1. The van der Waals surface area contributed by atoms with Crippen molar-refractivity contribution in [1.82, 2.24) is 15.6 Å². The van der Waals surface area contributed by atoms with Crippen LogP contribution in [0.5, 0.6) is 0 Å². The Morgan fingerprint density at radius 2 is 1.74 bits per heavy atom. The molecule has 5 nitrogen and oxygen atoms in total. The largest absolute Gasteiger partial charge is 0.363 e. The van der Waals surface area contributed by atoms with Gasteiger partial charge in [0.2, 0.25) is 0 Å². The van der Waals surface area contributed by atoms with Crippen LogP contribution < -0.4 is 15.5 Å². The van der Waals surface area contributed by atoms with Crippen LogP contribution in [0.2, 0.25) is 0 Å². The SMILES string of the molecule is CCNC(=NCc1cccc(N(C)C)n1)NCC(C)(C)c1ccccc1.I. The molecule has 0 amide bonds. The molecule has 0 fully saturated rings. The average molecular weight is 481 g/mol. The fourth-order valence-corrected chi connectivity index (χ4v) is 2.60. The second-order valence-corrected chi connectivity index (χ2v) is 7.18. The molecule has 148 valence electrons. The van der Waals surface area contributed by atoms with E-state index < -0.39 is 0 Å². The summed E-state index contributed by atoms with van der Waals surface area (Å²) in [5.74, 6) is 1.76. The fourth-order valence-electron chi connectivity index (χ4n) is 2.60. The van der Waals surface area contributed by atoms with E-state index in [4.69, 9.17) is 4.99 Å². The first-order valence-corrected chi connectivity index (χ1v) is 9.13. The van der Waals surface area contributed by atoms with Gasteiger partial charge in [0.25, 0.3) is 0 Å². The number of anilines is 1. The summed E-state index contributed by atoms with van der Waals surface area (Å²) in [4.78, 5) is 11.3. The first-order chi connectivity index (χ1) is 12.4. The molecule has 0 aliphatic heterocycles. The van der Waals surface area contributed by atoms with Crippen LogP contribution in [0.15, 0.2) is 53.5 Å². The lowest BCUT2D eigenvalue weighted by molar-refractivity contribution is 0.508. The van der Waals surface area contributed by atoms with Crippen LogP contribution in [-0.4, -0.2) is 38.1 Å². The molecular weight excluding hydrogens is 449 g/mol. The van der Waals surface area contributed by atoms with Gasteiger partial charge in [-0.1, -0.05) is 50.2 Å². The summed E-state index contributed by atoms with van der Waals surface area (Å²) in [6.07, 6.45) is 0. The molecule has 0 aliphatic rings. The molecule has 0 saturated heterocycles. The third-order valence-electron chi connectivity index (χ3n) is 4.25. The highest BCUT2D eigenvalue weighted by Crippen LogP contribution is 2.21. The van der Waals surface area contributed by atoms with Crippen LogP contribution in [-0.2, 0) is 12.0 Å². The minimum Gasteiger partial charge on any atom is -0.363 e. The Kier molecular flexibility index (Phi) is 9.55. The second kappa shape index (κ2) is 11.1. The lowest BCUT2D eigenvalue weighted by atomic mass is 9.85. The molecule has 0 aliphatic carbocycles. The van der Waals surface area contributed by atoms with Gasteiger partial charge < -0.3 is 15.5 Å². The van der Waals surface area contributed by atoms with Crippen LogP contribution in [0, 0.1) is 0 Å². The highest BCUT2D eigenvalue weighted by atomic mass is 127. The number of pyridine rings is 1. The van der Waals surface area contributed by atoms with Gasteiger partial charge >= 0.3 is 0 Å². The Balaban J connectivity index is 0.00000364. The van der Waals surface area contributed by atoms with Gasteiger partial charge in [-0.2, -0.15) is 0 Å². The summed E-state index contributed by atoms with van der Waals surface area (Å²) in [7, 11) is 3.99. The number of halogens is 1. The van der Waals surface area contributed by atoms with Gasteiger partial charge in [0, 0.05) is 32.6 Å². The molecule has 27 heavy (non-hydrogen) atoms. The van der Waals surface area contributed by atoms with E-state index in [1.54, 1.807) is 0 Å². The summed E-state index contributed by atoms with van der Waals surface area (Å²) in [6, 6.07) is 16.6. The van der Waals surface area contributed by atoms with Crippen LogP contribution in [0.4, 0.5) is 5.82 Å². The molecule has 0 radical (unpaired) electrons. The van der Waals surface area contributed by atoms with E-state index in [-0.39, 0.29) is 29.4 Å². The molecule has 0 atom stereocenters. The predicted octanol–water partition coefficient (Wildman–Crippen LogP) is 3.80. The normalized spacial score (nSPS) is 11.5. The maximum absolute atomic E-state index is 4.69. The van der Waals surface area contributed by atoms with Crippen LogP contribution in [0.25, 0.3) is 0 Å². The van der Waals surface area contributed by atoms with E-state index in [9.17, 15) is 0 Å². The van der Waals surface area contributed by atoms with Crippen molar-refractivity contribution in [1.29, 1.82) is 0 Å². The maximum atomic E-state index is 4.69. The Morgan fingerprint density at radius 3 is 2.37 bits per heavy atom. The molecule has 0 saturated carbocycles. The Bertz CT molecular complexity index is 714. The van der Waals surface area contributed by atoms with Crippen molar-refractivity contribution >= 4 is 35.8 Å². The highest BCUT2D eigenvalue weighted by Gasteiger charge is 2.20. The molecular formula is C21H32IN5. The number of aromatic nitrogens is 1. The van der Waals surface area contributed by atoms with Gasteiger partial charge in [0.15, 0.2) is 5.96 Å². The highest BCUT2D eigenvalue weighted by molar-refractivity contribution is 14.0. The number of guanidine groups is 1. The summed E-state index contributed by atoms with van der Waals surface area (Å²) in [5, 5.41) is 6.78. The van der Waals surface area contributed by atoms with Crippen molar-refractivity contribution < 1.29 is 0 Å². The van der Waals surface area contributed by atoms with Gasteiger partial charge in [-0.05, 0) is 24.6 Å². The van der Waals surface area contributed by atoms with Crippen LogP contribution in [0.1, 0.15) is 32.0 Å². The Labute approximate surface area is 180 Å². The molecule has 0 bridgehead atoms. The Hall–Kier alpha value is -1.83. The van der Waals surface area contributed by atoms with Gasteiger partial charge in [-0.15, -0.1) is 24.0 Å². The minimum absolute atomic E-state index is 0. The van der Waals surface area contributed by atoms with E-state index >= 15 is 0 Å². The van der Waals surface area contributed by atoms with Crippen molar-refractivity contribution in [2.24, 2.45) is 4.99 Å². The monoisotopic (exact) mass is 481 g/mol. The fraction of sp³-hybridized carbons (Fsp3) is 0.429. The first-order valence-electron chi connectivity index (χ1n) is 9.13. The van der Waals surface area contributed by atoms with E-state index in [2.05, 4.69) is 60.7 Å². The van der Waals surface area contributed by atoms with Crippen molar-refractivity contribution in [2.45, 2.75) is 32.7 Å². The molecule has 0 unspecified atom stereocenters. The third-order valence-corrected chi connectivity index (χ3v) is 4.25. The second-order valence-electron chi connectivity index (χ2n) is 7.18. The van der Waals surface area contributed by atoms with E-state index in [1.165, 1.54) is 5.56 Å². The molecule has 2 aromatic rings. The standard InChI is InChI=1S/C21H31N5.HI/c1-6-22-20(23-15-18-13-10-14-19(25-18)26(4)5)24-16-21(2,3)17-11-8-7-9-12-17;/h7-14H,6,15-16H2,1-5H3,(H2,22,23,24);1H. The molecule has 2 rings (SSSR count). The van der Waals surface area contributed by atoms with Gasteiger partial charge in [-0.3, -0.25) is 0 Å². The van der Waals surface area contributed by atoms with Crippen molar-refractivity contribution in [2.75, 3.05) is 32.1 Å². The number of rotatable bonds is 7. The molecule has 1 aromatic carbocycles. The van der Waals surface area contributed by atoms with E-state index in [0.29, 0.717) is 6.54 Å². The van der Waals surface area contributed by atoms with Crippen molar-refractivity contribution in [3.63, 3.8) is 0 Å². The zero-order chi connectivity index (χ0) is 19.0. The summed E-state index contributed by atoms with van der Waals surface area (Å²) >= 11 is 0. The number of nitrogens with zero attached hydrogens (tertiary/aromatic N) is 3. The average Bonchev–Trinajstić information content (AvgIpc) is 2.65. The van der Waals surface area contributed by atoms with Crippen molar-refractivity contribution in [3.8, 4) is 0 Å². The summed E-state index contributed by atoms with van der Waals surface area (Å²) in [5.41, 5.74) is 2.28. The van der Waals surface area contributed by atoms with Crippen molar-refractivity contribution in [3.05, 3.63) is 59.8 Å². The van der Waals surface area contributed by atoms with Crippen LogP contribution >= 0.6 is 24.0 Å². The predicted molar refractivity (Wildman–Crippen MR) is 126 cm³/mol. The number of benzene rings is 1. The number of hydrogen-bond donors (Lipinski definition) is 2. The lowest BCUT2D eigenvalue weighted by Gasteiger charge is -2.26. The third kappa shape index (κ3) is 7.36.